The summed E-state index contributed by atoms with van der Waals surface area (Å²) in [7, 11) is 1.44. The van der Waals surface area contributed by atoms with Crippen molar-refractivity contribution >= 4 is 11.9 Å². The fourth-order valence-corrected chi connectivity index (χ4v) is 1.94. The number of amides is 1. The zero-order chi connectivity index (χ0) is 15.4. The van der Waals surface area contributed by atoms with Crippen LogP contribution in [0.4, 0.5) is 13.2 Å². The lowest BCUT2D eigenvalue weighted by molar-refractivity contribution is -0.227. The molecule has 1 fully saturated rings. The number of halogens is 3. The molecule has 0 aromatic carbocycles. The monoisotopic (exact) mass is 299 g/mol. The largest absolute Gasteiger partial charge is 0.481 e. The summed E-state index contributed by atoms with van der Waals surface area (Å²) in [6.07, 6.45) is -5.54. The first-order valence-electron chi connectivity index (χ1n) is 5.89. The average Bonchev–Trinajstić information content (AvgIpc) is 2.80. The van der Waals surface area contributed by atoms with E-state index in [1.54, 1.807) is 0 Å². The molecular weight excluding hydrogens is 283 g/mol. The first-order valence-corrected chi connectivity index (χ1v) is 5.89. The number of hydrogen-bond acceptors (Lipinski definition) is 4. The van der Waals surface area contributed by atoms with Crippen molar-refractivity contribution in [3.63, 3.8) is 0 Å². The van der Waals surface area contributed by atoms with Gasteiger partial charge in [-0.05, 0) is 6.42 Å². The van der Waals surface area contributed by atoms with Gasteiger partial charge in [-0.15, -0.1) is 0 Å². The Balaban J connectivity index is 2.61. The summed E-state index contributed by atoms with van der Waals surface area (Å²) in [6, 6.07) is 0. The Labute approximate surface area is 113 Å². The van der Waals surface area contributed by atoms with Gasteiger partial charge in [0.15, 0.2) is 5.41 Å². The number of carboxylic acids is 1. The summed E-state index contributed by atoms with van der Waals surface area (Å²) in [5, 5.41) is 8.84. The van der Waals surface area contributed by atoms with Gasteiger partial charge in [0.05, 0.1) is 13.2 Å². The summed E-state index contributed by atoms with van der Waals surface area (Å²) >= 11 is 0. The number of carboxylic acid groups (broad SMARTS) is 1. The molecule has 0 aliphatic carbocycles. The Morgan fingerprint density at radius 1 is 1.35 bits per heavy atom. The molecule has 0 spiro atoms. The molecule has 1 aliphatic rings. The summed E-state index contributed by atoms with van der Waals surface area (Å²) in [6.45, 7) is -1.12. The number of carbonyl (C=O) groups excluding carboxylic acids is 1. The maximum absolute atomic E-state index is 12.9. The lowest BCUT2D eigenvalue weighted by Crippen LogP contribution is -2.48. The molecule has 0 radical (unpaired) electrons. The van der Waals surface area contributed by atoms with Crippen molar-refractivity contribution < 1.29 is 37.3 Å². The topological polar surface area (TPSA) is 76.1 Å². The fraction of sp³-hybridized carbons (Fsp3) is 0.818. The second-order valence-electron chi connectivity index (χ2n) is 4.50. The van der Waals surface area contributed by atoms with Gasteiger partial charge < -0.3 is 19.5 Å². The van der Waals surface area contributed by atoms with Crippen LogP contribution in [0.25, 0.3) is 0 Å². The molecule has 9 heteroatoms. The third-order valence-corrected chi connectivity index (χ3v) is 3.23. The molecule has 1 rings (SSSR count). The maximum Gasteiger partial charge on any atom is 0.406 e. The zero-order valence-electron chi connectivity index (χ0n) is 10.9. The minimum absolute atomic E-state index is 0.138. The summed E-state index contributed by atoms with van der Waals surface area (Å²) in [5.74, 6) is -2.62. The third-order valence-electron chi connectivity index (χ3n) is 3.23. The minimum Gasteiger partial charge on any atom is -0.481 e. The van der Waals surface area contributed by atoms with Crippen LogP contribution in [0.2, 0.25) is 0 Å². The van der Waals surface area contributed by atoms with Crippen LogP contribution in [0.3, 0.4) is 0 Å². The SMILES string of the molecule is COCCOCC(=O)N1CCC(C(=O)O)(C(F)(F)F)C1. The molecule has 0 bridgehead atoms. The van der Waals surface area contributed by atoms with Gasteiger partial charge in [0, 0.05) is 20.2 Å². The molecule has 1 unspecified atom stereocenters. The molecule has 0 saturated carbocycles. The van der Waals surface area contributed by atoms with E-state index in [2.05, 4.69) is 4.74 Å². The van der Waals surface area contributed by atoms with Gasteiger partial charge in [0.25, 0.3) is 0 Å². The number of methoxy groups -OCH3 is 1. The van der Waals surface area contributed by atoms with Gasteiger partial charge in [-0.1, -0.05) is 0 Å². The van der Waals surface area contributed by atoms with Gasteiger partial charge in [0.1, 0.15) is 6.61 Å². The normalized spacial score (nSPS) is 23.1. The number of carbonyl (C=O) groups is 2. The van der Waals surface area contributed by atoms with Crippen molar-refractivity contribution in [3.8, 4) is 0 Å². The highest BCUT2D eigenvalue weighted by Crippen LogP contribution is 2.45. The number of aliphatic carboxylic acids is 1. The van der Waals surface area contributed by atoms with Crippen molar-refractivity contribution in [1.82, 2.24) is 4.90 Å². The Kier molecular flexibility index (Phi) is 5.35. The summed E-state index contributed by atoms with van der Waals surface area (Å²) in [4.78, 5) is 23.4. The second kappa shape index (κ2) is 6.40. The predicted molar refractivity (Wildman–Crippen MR) is 60.0 cm³/mol. The molecule has 1 aliphatic heterocycles. The van der Waals surface area contributed by atoms with Crippen LogP contribution in [-0.2, 0) is 19.1 Å². The van der Waals surface area contributed by atoms with Crippen LogP contribution in [0.15, 0.2) is 0 Å². The molecule has 1 heterocycles. The highest BCUT2D eigenvalue weighted by Gasteiger charge is 2.64. The minimum atomic E-state index is -4.90. The van der Waals surface area contributed by atoms with E-state index in [1.165, 1.54) is 7.11 Å². The van der Waals surface area contributed by atoms with E-state index in [4.69, 9.17) is 9.84 Å². The lowest BCUT2D eigenvalue weighted by atomic mass is 9.86. The molecule has 20 heavy (non-hydrogen) atoms. The van der Waals surface area contributed by atoms with Crippen LogP contribution in [0.5, 0.6) is 0 Å². The Morgan fingerprint density at radius 3 is 2.45 bits per heavy atom. The third kappa shape index (κ3) is 3.40. The molecule has 1 saturated heterocycles. The van der Waals surface area contributed by atoms with E-state index < -0.39 is 43.0 Å². The number of likely N-dealkylation sites (tertiary alicyclic amines) is 1. The number of ether oxygens (including phenoxy) is 2. The Morgan fingerprint density at radius 2 is 2.00 bits per heavy atom. The molecule has 6 nitrogen and oxygen atoms in total. The van der Waals surface area contributed by atoms with Gasteiger partial charge in [-0.3, -0.25) is 9.59 Å². The average molecular weight is 299 g/mol. The molecule has 1 N–H and O–H groups in total. The predicted octanol–water partition coefficient (Wildman–Crippen LogP) is 0.515. The van der Waals surface area contributed by atoms with Gasteiger partial charge >= 0.3 is 12.1 Å². The fourth-order valence-electron chi connectivity index (χ4n) is 1.94. The van der Waals surface area contributed by atoms with E-state index >= 15 is 0 Å². The highest BCUT2D eigenvalue weighted by molar-refractivity contribution is 5.82. The van der Waals surface area contributed by atoms with Gasteiger partial charge in [0.2, 0.25) is 5.91 Å². The lowest BCUT2D eigenvalue weighted by Gasteiger charge is -2.27. The summed E-state index contributed by atoms with van der Waals surface area (Å²) < 4.78 is 48.3. The first kappa shape index (κ1) is 16.7. The van der Waals surface area contributed by atoms with Crippen molar-refractivity contribution in [1.29, 1.82) is 0 Å². The quantitative estimate of drug-likeness (QED) is 0.723. The standard InChI is InChI=1S/C11H16F3NO5/c1-19-4-5-20-6-8(16)15-3-2-10(7-15,9(17)18)11(12,13)14/h2-7H2,1H3,(H,17,18). The number of hydrogen-bond donors (Lipinski definition) is 1. The van der Waals surface area contributed by atoms with Crippen molar-refractivity contribution in [2.75, 3.05) is 40.0 Å². The van der Waals surface area contributed by atoms with Crippen LogP contribution >= 0.6 is 0 Å². The molecular formula is C11H16F3NO5. The van der Waals surface area contributed by atoms with Crippen LogP contribution < -0.4 is 0 Å². The number of alkyl halides is 3. The maximum atomic E-state index is 12.9. The zero-order valence-corrected chi connectivity index (χ0v) is 10.9. The van der Waals surface area contributed by atoms with E-state index in [-0.39, 0.29) is 19.8 Å². The van der Waals surface area contributed by atoms with E-state index in [0.29, 0.717) is 0 Å². The van der Waals surface area contributed by atoms with Crippen molar-refractivity contribution in [2.24, 2.45) is 5.41 Å². The van der Waals surface area contributed by atoms with E-state index in [0.717, 1.165) is 4.90 Å². The Bertz CT molecular complexity index is 374. The van der Waals surface area contributed by atoms with Crippen molar-refractivity contribution in [2.45, 2.75) is 12.6 Å². The number of nitrogens with zero attached hydrogens (tertiary/aromatic N) is 1. The van der Waals surface area contributed by atoms with Crippen molar-refractivity contribution in [3.05, 3.63) is 0 Å². The first-order chi connectivity index (χ1) is 9.24. The van der Waals surface area contributed by atoms with Crippen LogP contribution in [-0.4, -0.2) is 68.1 Å². The molecule has 0 aromatic rings. The van der Waals surface area contributed by atoms with E-state index in [9.17, 15) is 22.8 Å². The van der Waals surface area contributed by atoms with E-state index in [1.807, 2.05) is 0 Å². The van der Waals surface area contributed by atoms with Gasteiger partial charge in [-0.25, -0.2) is 0 Å². The van der Waals surface area contributed by atoms with Gasteiger partial charge in [-0.2, -0.15) is 13.2 Å². The highest BCUT2D eigenvalue weighted by atomic mass is 19.4. The molecule has 1 atom stereocenters. The molecule has 1 amide bonds. The number of rotatable bonds is 6. The Hall–Kier alpha value is -1.35. The molecule has 0 aromatic heterocycles. The molecule has 116 valence electrons. The summed E-state index contributed by atoms with van der Waals surface area (Å²) in [5.41, 5.74) is -2.88. The van der Waals surface area contributed by atoms with Crippen LogP contribution in [0, 0.1) is 5.41 Å². The van der Waals surface area contributed by atoms with Crippen LogP contribution in [0.1, 0.15) is 6.42 Å². The second-order valence-corrected chi connectivity index (χ2v) is 4.50. The smallest absolute Gasteiger partial charge is 0.406 e.